The molecule has 5 heteroatoms. The molecule has 0 bridgehead atoms. The second-order valence-corrected chi connectivity index (χ2v) is 6.17. The van der Waals surface area contributed by atoms with E-state index < -0.39 is 0 Å². The van der Waals surface area contributed by atoms with Gasteiger partial charge in [-0.25, -0.2) is 0 Å². The van der Waals surface area contributed by atoms with Crippen molar-refractivity contribution in [1.82, 2.24) is 4.90 Å². The topological polar surface area (TPSA) is 66.5 Å². The highest BCUT2D eigenvalue weighted by molar-refractivity contribution is 6.08. The van der Waals surface area contributed by atoms with Crippen LogP contribution in [0.1, 0.15) is 31.2 Å². The van der Waals surface area contributed by atoms with Crippen LogP contribution in [0.3, 0.4) is 0 Å². The van der Waals surface area contributed by atoms with Crippen molar-refractivity contribution >= 4 is 23.4 Å². The van der Waals surface area contributed by atoms with Gasteiger partial charge in [0.1, 0.15) is 6.54 Å². The van der Waals surface area contributed by atoms with Crippen LogP contribution in [0, 0.1) is 18.8 Å². The van der Waals surface area contributed by atoms with E-state index in [4.69, 9.17) is 0 Å². The molecule has 2 atom stereocenters. The fraction of sp³-hybridized carbons (Fsp3) is 0.471. The summed E-state index contributed by atoms with van der Waals surface area (Å²) in [4.78, 5) is 37.9. The predicted molar refractivity (Wildman–Crippen MR) is 82.0 cm³/mol. The average molecular weight is 300 g/mol. The molecule has 0 radical (unpaired) electrons. The van der Waals surface area contributed by atoms with Crippen LogP contribution in [0.2, 0.25) is 0 Å². The SMILES string of the molecule is Cc1ccc(NC(=O)CN2C(=O)[C@H]3CCCC[C@H]3C2=O)cc1. The number of hydrogen-bond donors (Lipinski definition) is 1. The Balaban J connectivity index is 1.64. The van der Waals surface area contributed by atoms with Crippen molar-refractivity contribution in [2.24, 2.45) is 11.8 Å². The molecule has 1 heterocycles. The number of aryl methyl sites for hydroxylation is 1. The summed E-state index contributed by atoms with van der Waals surface area (Å²) in [6.07, 6.45) is 3.52. The number of imide groups is 1. The van der Waals surface area contributed by atoms with Crippen molar-refractivity contribution in [2.45, 2.75) is 32.6 Å². The lowest BCUT2D eigenvalue weighted by Gasteiger charge is -2.19. The summed E-state index contributed by atoms with van der Waals surface area (Å²) >= 11 is 0. The van der Waals surface area contributed by atoms with Crippen molar-refractivity contribution in [2.75, 3.05) is 11.9 Å². The third kappa shape index (κ3) is 2.75. The molecule has 5 nitrogen and oxygen atoms in total. The number of rotatable bonds is 3. The molecule has 3 amide bonds. The first-order valence-electron chi connectivity index (χ1n) is 7.78. The van der Waals surface area contributed by atoms with E-state index in [0.29, 0.717) is 5.69 Å². The van der Waals surface area contributed by atoms with E-state index in [1.807, 2.05) is 19.1 Å². The van der Waals surface area contributed by atoms with Crippen LogP contribution in [0.15, 0.2) is 24.3 Å². The Morgan fingerprint density at radius 3 is 2.18 bits per heavy atom. The zero-order valence-electron chi connectivity index (χ0n) is 12.7. The lowest BCUT2D eigenvalue weighted by molar-refractivity contribution is -0.142. The first-order valence-corrected chi connectivity index (χ1v) is 7.78. The standard InChI is InChI=1S/C17H20N2O3/c1-11-6-8-12(9-7-11)18-15(20)10-19-16(21)13-4-2-3-5-14(13)17(19)22/h6-9,13-14H,2-5,10H2,1H3,(H,18,20)/t13-,14+. The summed E-state index contributed by atoms with van der Waals surface area (Å²) in [7, 11) is 0. The monoisotopic (exact) mass is 300 g/mol. The molecule has 1 aliphatic heterocycles. The number of benzene rings is 1. The van der Waals surface area contributed by atoms with Crippen LogP contribution in [0.5, 0.6) is 0 Å². The van der Waals surface area contributed by atoms with E-state index in [2.05, 4.69) is 5.32 Å². The maximum atomic E-state index is 12.3. The summed E-state index contributed by atoms with van der Waals surface area (Å²) in [5, 5.41) is 2.73. The maximum Gasteiger partial charge on any atom is 0.244 e. The number of likely N-dealkylation sites (tertiary alicyclic amines) is 1. The Bertz CT molecular complexity index is 585. The Labute approximate surface area is 129 Å². The molecular formula is C17H20N2O3. The molecule has 2 fully saturated rings. The van der Waals surface area contributed by atoms with Crippen molar-refractivity contribution in [3.05, 3.63) is 29.8 Å². The van der Waals surface area contributed by atoms with Gasteiger partial charge >= 0.3 is 0 Å². The normalized spacial score (nSPS) is 24.3. The molecule has 1 saturated carbocycles. The Morgan fingerprint density at radius 1 is 1.09 bits per heavy atom. The molecule has 3 rings (SSSR count). The molecule has 1 N–H and O–H groups in total. The molecule has 0 aromatic heterocycles. The van der Waals surface area contributed by atoms with E-state index in [-0.39, 0.29) is 36.1 Å². The summed E-state index contributed by atoms with van der Waals surface area (Å²) < 4.78 is 0. The molecule has 1 aromatic rings. The van der Waals surface area contributed by atoms with E-state index in [9.17, 15) is 14.4 Å². The van der Waals surface area contributed by atoms with Crippen molar-refractivity contribution in [1.29, 1.82) is 0 Å². The summed E-state index contributed by atoms with van der Waals surface area (Å²) in [5.41, 5.74) is 1.78. The van der Waals surface area contributed by atoms with Gasteiger partial charge in [-0.3, -0.25) is 19.3 Å². The van der Waals surface area contributed by atoms with E-state index in [0.717, 1.165) is 36.1 Å². The number of hydrogen-bond acceptors (Lipinski definition) is 3. The molecule has 0 unspecified atom stereocenters. The van der Waals surface area contributed by atoms with Gasteiger partial charge < -0.3 is 5.32 Å². The lowest BCUT2D eigenvalue weighted by Crippen LogP contribution is -2.38. The molecule has 1 saturated heterocycles. The predicted octanol–water partition coefficient (Wildman–Crippen LogP) is 2.11. The Kier molecular flexibility index (Phi) is 3.96. The average Bonchev–Trinajstić information content (AvgIpc) is 2.75. The van der Waals surface area contributed by atoms with Crippen LogP contribution in [-0.4, -0.2) is 29.2 Å². The quantitative estimate of drug-likeness (QED) is 0.869. The molecule has 22 heavy (non-hydrogen) atoms. The highest BCUT2D eigenvalue weighted by Gasteiger charge is 2.48. The van der Waals surface area contributed by atoms with Gasteiger partial charge in [0.05, 0.1) is 11.8 Å². The van der Waals surface area contributed by atoms with Gasteiger partial charge in [-0.1, -0.05) is 30.5 Å². The fourth-order valence-corrected chi connectivity index (χ4v) is 3.37. The lowest BCUT2D eigenvalue weighted by atomic mass is 9.81. The molecule has 1 aliphatic carbocycles. The minimum Gasteiger partial charge on any atom is -0.325 e. The van der Waals surface area contributed by atoms with Crippen molar-refractivity contribution < 1.29 is 14.4 Å². The van der Waals surface area contributed by atoms with E-state index in [1.165, 1.54) is 0 Å². The van der Waals surface area contributed by atoms with Gasteiger partial charge in [-0.15, -0.1) is 0 Å². The van der Waals surface area contributed by atoms with Gasteiger partial charge in [0.15, 0.2) is 0 Å². The highest BCUT2D eigenvalue weighted by Crippen LogP contribution is 2.37. The van der Waals surface area contributed by atoms with Crippen LogP contribution in [0.4, 0.5) is 5.69 Å². The molecule has 116 valence electrons. The van der Waals surface area contributed by atoms with Crippen molar-refractivity contribution in [3.63, 3.8) is 0 Å². The fourth-order valence-electron chi connectivity index (χ4n) is 3.37. The van der Waals surface area contributed by atoms with Gasteiger partial charge in [0.25, 0.3) is 0 Å². The summed E-state index contributed by atoms with van der Waals surface area (Å²) in [5.74, 6) is -1.08. The maximum absolute atomic E-state index is 12.3. The minimum absolute atomic E-state index is 0.172. The number of amides is 3. The van der Waals surface area contributed by atoms with E-state index >= 15 is 0 Å². The highest BCUT2D eigenvalue weighted by atomic mass is 16.2. The Morgan fingerprint density at radius 2 is 1.64 bits per heavy atom. The second kappa shape index (κ2) is 5.91. The number of anilines is 1. The first-order chi connectivity index (χ1) is 10.6. The van der Waals surface area contributed by atoms with Crippen LogP contribution >= 0.6 is 0 Å². The molecule has 0 spiro atoms. The van der Waals surface area contributed by atoms with Gasteiger partial charge in [-0.05, 0) is 31.9 Å². The van der Waals surface area contributed by atoms with Crippen LogP contribution in [-0.2, 0) is 14.4 Å². The number of nitrogens with zero attached hydrogens (tertiary/aromatic N) is 1. The van der Waals surface area contributed by atoms with Gasteiger partial charge in [0.2, 0.25) is 17.7 Å². The third-order valence-electron chi connectivity index (χ3n) is 4.57. The number of carbonyl (C=O) groups is 3. The first kappa shape index (κ1) is 14.8. The van der Waals surface area contributed by atoms with Crippen molar-refractivity contribution in [3.8, 4) is 0 Å². The zero-order chi connectivity index (χ0) is 15.7. The number of fused-ring (bicyclic) bond motifs is 1. The summed E-state index contributed by atoms with van der Waals surface area (Å²) in [6, 6.07) is 7.41. The van der Waals surface area contributed by atoms with Gasteiger partial charge in [0, 0.05) is 5.69 Å². The Hall–Kier alpha value is -2.17. The molecule has 1 aromatic carbocycles. The third-order valence-corrected chi connectivity index (χ3v) is 4.57. The number of nitrogens with one attached hydrogen (secondary N) is 1. The summed E-state index contributed by atoms with van der Waals surface area (Å²) in [6.45, 7) is 1.79. The smallest absolute Gasteiger partial charge is 0.244 e. The minimum atomic E-state index is -0.329. The second-order valence-electron chi connectivity index (χ2n) is 6.17. The van der Waals surface area contributed by atoms with Crippen LogP contribution < -0.4 is 5.32 Å². The molecular weight excluding hydrogens is 280 g/mol. The zero-order valence-corrected chi connectivity index (χ0v) is 12.7. The molecule has 2 aliphatic rings. The largest absolute Gasteiger partial charge is 0.325 e. The van der Waals surface area contributed by atoms with E-state index in [1.54, 1.807) is 12.1 Å². The number of carbonyl (C=O) groups excluding carboxylic acids is 3. The van der Waals surface area contributed by atoms with Crippen LogP contribution in [0.25, 0.3) is 0 Å². The van der Waals surface area contributed by atoms with Gasteiger partial charge in [-0.2, -0.15) is 0 Å².